The van der Waals surface area contributed by atoms with Gasteiger partial charge in [-0.25, -0.2) is 0 Å². The van der Waals surface area contributed by atoms with E-state index in [0.29, 0.717) is 6.04 Å². The molecule has 0 amide bonds. The van der Waals surface area contributed by atoms with Crippen molar-refractivity contribution in [2.24, 2.45) is 0 Å². The topological polar surface area (TPSA) is 12.0 Å². The van der Waals surface area contributed by atoms with Gasteiger partial charge in [0, 0.05) is 10.9 Å². The first-order chi connectivity index (χ1) is 6.81. The molecule has 2 aromatic rings. The van der Waals surface area contributed by atoms with Crippen molar-refractivity contribution in [2.45, 2.75) is 13.0 Å². The Labute approximate surface area is 92.4 Å². The van der Waals surface area contributed by atoms with Crippen molar-refractivity contribution >= 4 is 22.7 Å². The van der Waals surface area contributed by atoms with E-state index in [9.17, 15) is 0 Å². The summed E-state index contributed by atoms with van der Waals surface area (Å²) in [6, 6.07) is 4.89. The summed E-state index contributed by atoms with van der Waals surface area (Å²) in [7, 11) is 1.99. The first-order valence-corrected chi connectivity index (χ1v) is 6.42. The van der Waals surface area contributed by atoms with Crippen molar-refractivity contribution in [3.05, 3.63) is 33.2 Å². The fourth-order valence-corrected chi connectivity index (χ4v) is 2.95. The van der Waals surface area contributed by atoms with Gasteiger partial charge in [0.05, 0.1) is 0 Å². The lowest BCUT2D eigenvalue weighted by atomic mass is 10.1. The van der Waals surface area contributed by atoms with Crippen molar-refractivity contribution in [1.82, 2.24) is 5.32 Å². The van der Waals surface area contributed by atoms with Crippen LogP contribution in [0.4, 0.5) is 0 Å². The predicted octanol–water partition coefficient (Wildman–Crippen LogP) is 3.76. The van der Waals surface area contributed by atoms with Gasteiger partial charge in [0.25, 0.3) is 0 Å². The van der Waals surface area contributed by atoms with Crippen LogP contribution in [0.25, 0.3) is 11.1 Å². The average Bonchev–Trinajstić information content (AvgIpc) is 2.86. The van der Waals surface area contributed by atoms with Gasteiger partial charge in [0.2, 0.25) is 0 Å². The van der Waals surface area contributed by atoms with E-state index in [-0.39, 0.29) is 0 Å². The maximum absolute atomic E-state index is 3.25. The minimum Gasteiger partial charge on any atom is -0.313 e. The van der Waals surface area contributed by atoms with E-state index in [2.05, 4.69) is 40.5 Å². The van der Waals surface area contributed by atoms with Crippen LogP contribution >= 0.6 is 22.7 Å². The number of hydrogen-bond donors (Lipinski definition) is 1. The molecule has 0 fully saturated rings. The molecule has 0 aliphatic rings. The fraction of sp³-hybridized carbons (Fsp3) is 0.273. The van der Waals surface area contributed by atoms with Crippen LogP contribution in [-0.2, 0) is 0 Å². The molecule has 0 aliphatic carbocycles. The molecular formula is C11H13NS2. The largest absolute Gasteiger partial charge is 0.313 e. The van der Waals surface area contributed by atoms with Crippen LogP contribution < -0.4 is 5.32 Å². The molecule has 0 spiro atoms. The third kappa shape index (κ3) is 1.90. The first-order valence-electron chi connectivity index (χ1n) is 4.59. The second kappa shape index (κ2) is 4.26. The zero-order valence-corrected chi connectivity index (χ0v) is 9.91. The number of nitrogens with one attached hydrogen (secondary N) is 1. The normalized spacial score (nSPS) is 13.0. The smallest absolute Gasteiger partial charge is 0.0383 e. The Balaban J connectivity index is 2.26. The van der Waals surface area contributed by atoms with Gasteiger partial charge in [-0.2, -0.15) is 11.3 Å². The van der Waals surface area contributed by atoms with Crippen molar-refractivity contribution in [3.8, 4) is 11.1 Å². The van der Waals surface area contributed by atoms with Gasteiger partial charge in [0.15, 0.2) is 0 Å². The molecule has 0 saturated carbocycles. The lowest BCUT2D eigenvalue weighted by Crippen LogP contribution is -2.10. The molecule has 2 rings (SSSR count). The Bertz CT molecular complexity index is 389. The number of rotatable bonds is 3. The van der Waals surface area contributed by atoms with Crippen molar-refractivity contribution in [1.29, 1.82) is 0 Å². The van der Waals surface area contributed by atoms with Crippen LogP contribution in [-0.4, -0.2) is 7.05 Å². The summed E-state index contributed by atoms with van der Waals surface area (Å²) in [6.45, 7) is 2.18. The van der Waals surface area contributed by atoms with Gasteiger partial charge in [0.1, 0.15) is 0 Å². The van der Waals surface area contributed by atoms with Gasteiger partial charge >= 0.3 is 0 Å². The quantitative estimate of drug-likeness (QED) is 0.835. The molecule has 1 N–H and O–H groups in total. The molecule has 2 aromatic heterocycles. The van der Waals surface area contributed by atoms with E-state index in [1.807, 2.05) is 18.4 Å². The summed E-state index contributed by atoms with van der Waals surface area (Å²) in [5, 5.41) is 9.79. The molecule has 0 aromatic carbocycles. The SMILES string of the molecule is CN[C@@H](C)c1cc(-c2ccsc2)cs1. The monoisotopic (exact) mass is 223 g/mol. The zero-order chi connectivity index (χ0) is 9.97. The van der Waals surface area contributed by atoms with Gasteiger partial charge in [-0.1, -0.05) is 0 Å². The minimum atomic E-state index is 0.451. The van der Waals surface area contributed by atoms with E-state index in [4.69, 9.17) is 0 Å². The molecular weight excluding hydrogens is 210 g/mol. The third-order valence-corrected chi connectivity index (χ3v) is 4.13. The summed E-state index contributed by atoms with van der Waals surface area (Å²) in [5.41, 5.74) is 2.68. The van der Waals surface area contributed by atoms with Crippen LogP contribution in [0.15, 0.2) is 28.3 Å². The van der Waals surface area contributed by atoms with Crippen LogP contribution in [0, 0.1) is 0 Å². The highest BCUT2D eigenvalue weighted by atomic mass is 32.1. The lowest BCUT2D eigenvalue weighted by Gasteiger charge is -2.05. The lowest BCUT2D eigenvalue weighted by molar-refractivity contribution is 0.664. The molecule has 0 unspecified atom stereocenters. The minimum absolute atomic E-state index is 0.451. The van der Waals surface area contributed by atoms with E-state index in [0.717, 1.165) is 0 Å². The van der Waals surface area contributed by atoms with Gasteiger partial charge in [-0.15, -0.1) is 11.3 Å². The molecule has 0 bridgehead atoms. The molecule has 1 atom stereocenters. The summed E-state index contributed by atoms with van der Waals surface area (Å²) in [4.78, 5) is 1.40. The van der Waals surface area contributed by atoms with E-state index in [1.165, 1.54) is 16.0 Å². The van der Waals surface area contributed by atoms with Crippen LogP contribution in [0.3, 0.4) is 0 Å². The summed E-state index contributed by atoms with van der Waals surface area (Å²) in [6.07, 6.45) is 0. The molecule has 0 saturated heterocycles. The van der Waals surface area contributed by atoms with Gasteiger partial charge in [-0.05, 0) is 53.4 Å². The maximum Gasteiger partial charge on any atom is 0.0383 e. The highest BCUT2D eigenvalue weighted by molar-refractivity contribution is 7.10. The molecule has 1 nitrogen and oxygen atoms in total. The third-order valence-electron chi connectivity index (χ3n) is 2.33. The second-order valence-electron chi connectivity index (χ2n) is 3.26. The average molecular weight is 223 g/mol. The standard InChI is InChI=1S/C11H13NS2/c1-8(12-2)11-5-10(7-14-11)9-3-4-13-6-9/h3-8,12H,1-2H3/t8-/m0/s1. The summed E-state index contributed by atoms with van der Waals surface area (Å²) < 4.78 is 0. The maximum atomic E-state index is 3.25. The van der Waals surface area contributed by atoms with Crippen LogP contribution in [0.2, 0.25) is 0 Å². The summed E-state index contributed by atoms with van der Waals surface area (Å²) in [5.74, 6) is 0. The van der Waals surface area contributed by atoms with Crippen LogP contribution in [0.1, 0.15) is 17.8 Å². The molecule has 2 heterocycles. The molecule has 0 radical (unpaired) electrons. The molecule has 0 aliphatic heterocycles. The highest BCUT2D eigenvalue weighted by Crippen LogP contribution is 2.30. The van der Waals surface area contributed by atoms with E-state index >= 15 is 0 Å². The predicted molar refractivity (Wildman–Crippen MR) is 65.1 cm³/mol. The summed E-state index contributed by atoms with van der Waals surface area (Å²) >= 11 is 3.57. The Kier molecular flexibility index (Phi) is 3.01. The zero-order valence-electron chi connectivity index (χ0n) is 8.28. The molecule has 3 heteroatoms. The van der Waals surface area contributed by atoms with Crippen LogP contribution in [0.5, 0.6) is 0 Å². The second-order valence-corrected chi connectivity index (χ2v) is 4.98. The van der Waals surface area contributed by atoms with Gasteiger partial charge in [-0.3, -0.25) is 0 Å². The van der Waals surface area contributed by atoms with Gasteiger partial charge < -0.3 is 5.32 Å². The van der Waals surface area contributed by atoms with E-state index in [1.54, 1.807) is 11.3 Å². The fourth-order valence-electron chi connectivity index (χ4n) is 1.30. The highest BCUT2D eigenvalue weighted by Gasteiger charge is 2.07. The Morgan fingerprint density at radius 2 is 2.14 bits per heavy atom. The van der Waals surface area contributed by atoms with Crippen molar-refractivity contribution in [2.75, 3.05) is 7.05 Å². The Morgan fingerprint density at radius 3 is 2.79 bits per heavy atom. The van der Waals surface area contributed by atoms with Crippen molar-refractivity contribution in [3.63, 3.8) is 0 Å². The van der Waals surface area contributed by atoms with Crippen molar-refractivity contribution < 1.29 is 0 Å². The number of hydrogen-bond acceptors (Lipinski definition) is 3. The molecule has 74 valence electrons. The number of thiophene rings is 2. The Morgan fingerprint density at radius 1 is 1.29 bits per heavy atom. The first kappa shape index (κ1) is 9.90. The molecule has 14 heavy (non-hydrogen) atoms. The van der Waals surface area contributed by atoms with E-state index < -0.39 is 0 Å². The Hall–Kier alpha value is -0.640.